The van der Waals surface area contributed by atoms with Crippen molar-refractivity contribution in [1.82, 2.24) is 0 Å². The second-order valence-electron chi connectivity index (χ2n) is 10.6. The van der Waals surface area contributed by atoms with Crippen molar-refractivity contribution in [3.05, 3.63) is 159 Å². The van der Waals surface area contributed by atoms with E-state index >= 15 is 0 Å². The van der Waals surface area contributed by atoms with Crippen LogP contribution in [0.1, 0.15) is 33.4 Å². The normalized spacial score (nSPS) is 14.6. The van der Waals surface area contributed by atoms with Gasteiger partial charge in [0.15, 0.2) is 5.71 Å². The highest BCUT2D eigenvalue weighted by molar-refractivity contribution is 8.18. The number of aliphatic hydroxyl groups excluding tert-OH is 1. The smallest absolute Gasteiger partial charge is 0.358 e. The van der Waals surface area contributed by atoms with Crippen molar-refractivity contribution < 1.29 is 30.5 Å². The molecule has 1 heterocycles. The molecule has 1 aliphatic heterocycles. The molecule has 0 aliphatic carbocycles. The Balaban J connectivity index is 0.000000228. The summed E-state index contributed by atoms with van der Waals surface area (Å²) in [6.07, 6.45) is 3.37. The molecule has 0 bridgehead atoms. The van der Waals surface area contributed by atoms with Gasteiger partial charge in [-0.3, -0.25) is 8.57 Å². The Bertz CT molecular complexity index is 2280. The van der Waals surface area contributed by atoms with Crippen molar-refractivity contribution in [3.8, 4) is 6.07 Å². The molecule has 254 valence electrons. The summed E-state index contributed by atoms with van der Waals surface area (Å²) >= 11 is 1.20. The minimum atomic E-state index is -4.08. The molecule has 0 aromatic heterocycles. The van der Waals surface area contributed by atoms with Gasteiger partial charge in [-0.1, -0.05) is 118 Å². The lowest BCUT2D eigenvalue weighted by Crippen LogP contribution is -2.06. The molecule has 1 aliphatic rings. The van der Waals surface area contributed by atoms with Crippen LogP contribution in [0.5, 0.6) is 0 Å². The van der Waals surface area contributed by atoms with Gasteiger partial charge < -0.3 is 5.11 Å². The van der Waals surface area contributed by atoms with Crippen molar-refractivity contribution in [2.24, 2.45) is 10.3 Å². The quantitative estimate of drug-likeness (QED) is 0.108. The molecule has 5 rings (SSSR count). The zero-order chi connectivity index (χ0) is 36.3. The van der Waals surface area contributed by atoms with Crippen LogP contribution < -0.4 is 0 Å². The van der Waals surface area contributed by atoms with Crippen LogP contribution in [0.2, 0.25) is 0 Å². The molecule has 0 amide bonds. The van der Waals surface area contributed by atoms with Crippen molar-refractivity contribution in [1.29, 1.82) is 5.26 Å². The van der Waals surface area contributed by atoms with Crippen LogP contribution in [-0.2, 0) is 35.4 Å². The fourth-order valence-corrected chi connectivity index (χ4v) is 6.50. The predicted octanol–water partition coefficient (Wildman–Crippen LogP) is 7.03. The number of nitriles is 1. The molecule has 0 saturated heterocycles. The maximum atomic E-state index is 12.2. The molecule has 4 aromatic carbocycles. The average molecular weight is 727 g/mol. The van der Waals surface area contributed by atoms with E-state index in [-0.39, 0.29) is 22.1 Å². The zero-order valence-corrected chi connectivity index (χ0v) is 29.5. The number of oxime groups is 2. The lowest BCUT2D eigenvalue weighted by atomic mass is 10.1. The van der Waals surface area contributed by atoms with Gasteiger partial charge >= 0.3 is 20.2 Å². The Morgan fingerprint density at radius 1 is 0.820 bits per heavy atom. The number of thioether (sulfide) groups is 1. The monoisotopic (exact) mass is 726 g/mol. The fraction of sp³-hybridized carbons (Fsp3) is 0.111. The number of hydrogen-bond acceptors (Lipinski definition) is 11. The summed E-state index contributed by atoms with van der Waals surface area (Å²) in [5.41, 5.74) is 5.08. The zero-order valence-electron chi connectivity index (χ0n) is 27.0. The Morgan fingerprint density at radius 3 is 1.90 bits per heavy atom. The predicted molar refractivity (Wildman–Crippen MR) is 192 cm³/mol. The Labute approximate surface area is 295 Å². The Morgan fingerprint density at radius 2 is 1.38 bits per heavy atom. The Kier molecular flexibility index (Phi) is 12.5. The first-order valence-electron chi connectivity index (χ1n) is 14.7. The second kappa shape index (κ2) is 16.7. The number of rotatable bonds is 9. The first-order chi connectivity index (χ1) is 23.9. The third-order valence-corrected chi connectivity index (χ3v) is 10.1. The molecule has 1 N–H and O–H groups in total. The summed E-state index contributed by atoms with van der Waals surface area (Å²) in [7, 11) is -8.06. The first-order valence-corrected chi connectivity index (χ1v) is 18.3. The molecule has 0 radical (unpaired) electrons. The topological polar surface area (TPSA) is 160 Å². The maximum absolute atomic E-state index is 12.2. The van der Waals surface area contributed by atoms with Gasteiger partial charge in [0, 0.05) is 10.5 Å². The number of aliphatic hydroxyl groups is 1. The highest BCUT2D eigenvalue weighted by atomic mass is 32.2. The van der Waals surface area contributed by atoms with E-state index in [1.807, 2.05) is 45.0 Å². The lowest BCUT2D eigenvalue weighted by Gasteiger charge is -2.06. The molecule has 0 unspecified atom stereocenters. The molecule has 0 saturated carbocycles. The SMILES string of the molecule is Cc1ccc(S(=O)(=O)O/N=C(\C#N)c2ccc(CO)cc2)cc1.[C-]#[N+]/C(=C1C=C/C(=N\OS(=O)(=O)c2ccc(C)cc2)S\1)c1ccccc1C. The van der Waals surface area contributed by atoms with E-state index < -0.39 is 20.2 Å². The van der Waals surface area contributed by atoms with Crippen LogP contribution >= 0.6 is 11.8 Å². The van der Waals surface area contributed by atoms with Crippen LogP contribution in [-0.4, -0.2) is 32.7 Å². The summed E-state index contributed by atoms with van der Waals surface area (Å²) < 4.78 is 57.9. The highest BCUT2D eigenvalue weighted by Gasteiger charge is 2.20. The van der Waals surface area contributed by atoms with E-state index in [9.17, 15) is 16.8 Å². The van der Waals surface area contributed by atoms with E-state index in [1.54, 1.807) is 66.8 Å². The molecule has 0 fully saturated rings. The maximum Gasteiger partial charge on any atom is 0.358 e. The van der Waals surface area contributed by atoms with Gasteiger partial charge in [0.1, 0.15) is 20.9 Å². The molecule has 0 atom stereocenters. The molecule has 0 spiro atoms. The van der Waals surface area contributed by atoms with Crippen LogP contribution in [0.3, 0.4) is 0 Å². The van der Waals surface area contributed by atoms with Crippen LogP contribution in [0.4, 0.5) is 0 Å². The van der Waals surface area contributed by atoms with E-state index in [0.717, 1.165) is 22.3 Å². The van der Waals surface area contributed by atoms with Crippen molar-refractivity contribution in [2.45, 2.75) is 37.2 Å². The van der Waals surface area contributed by atoms with Gasteiger partial charge in [0.25, 0.3) is 0 Å². The van der Waals surface area contributed by atoms with Gasteiger partial charge in [0.05, 0.1) is 13.2 Å². The third-order valence-electron chi connectivity index (χ3n) is 6.92. The highest BCUT2D eigenvalue weighted by Crippen LogP contribution is 2.36. The van der Waals surface area contributed by atoms with Gasteiger partial charge in [-0.05, 0) is 62.2 Å². The van der Waals surface area contributed by atoms with E-state index in [4.69, 9.17) is 21.2 Å². The molecular formula is C36H30N4O7S3. The van der Waals surface area contributed by atoms with Crippen molar-refractivity contribution in [2.75, 3.05) is 0 Å². The molecule has 11 nitrogen and oxygen atoms in total. The lowest BCUT2D eigenvalue weighted by molar-refractivity contribution is 0.282. The number of allylic oxidation sites excluding steroid dienone is 1. The van der Waals surface area contributed by atoms with Crippen LogP contribution in [0.15, 0.2) is 134 Å². The summed E-state index contributed by atoms with van der Waals surface area (Å²) in [6, 6.07) is 28.1. The van der Waals surface area contributed by atoms with Gasteiger partial charge in [-0.2, -0.15) is 22.1 Å². The number of hydrogen-bond donors (Lipinski definition) is 1. The van der Waals surface area contributed by atoms with Crippen molar-refractivity contribution >= 4 is 48.5 Å². The molecule has 14 heteroatoms. The fourth-order valence-electron chi connectivity index (χ4n) is 4.16. The molecule has 4 aromatic rings. The van der Waals surface area contributed by atoms with E-state index in [1.165, 1.54) is 36.0 Å². The third kappa shape index (κ3) is 9.78. The van der Waals surface area contributed by atoms with Crippen LogP contribution in [0, 0.1) is 38.7 Å². The van der Waals surface area contributed by atoms with Gasteiger partial charge in [-0.25, -0.2) is 4.85 Å². The number of nitrogens with zero attached hydrogens (tertiary/aromatic N) is 4. The van der Waals surface area contributed by atoms with Gasteiger partial charge in [0.2, 0.25) is 5.70 Å². The minimum absolute atomic E-state index is 0.0419. The first kappa shape index (κ1) is 37.3. The van der Waals surface area contributed by atoms with Crippen LogP contribution in [0.25, 0.3) is 10.5 Å². The summed E-state index contributed by atoms with van der Waals surface area (Å²) in [5.74, 6) is 0. The average Bonchev–Trinajstić information content (AvgIpc) is 3.58. The van der Waals surface area contributed by atoms with Crippen molar-refractivity contribution in [3.63, 3.8) is 0 Å². The Hall–Kier alpha value is -5.51. The number of benzene rings is 4. The number of aryl methyl sites for hydroxylation is 3. The standard InChI is InChI=1S/C20H16N2O3S2.C16H14N2O4S/c1-14-8-10-16(11-9-14)27(23,24)25-22-19-13-12-18(26-19)20(21-3)17-7-5-4-6-15(17)2;1-12-2-8-15(9-3-12)23(20,21)22-18-16(10-17)14-6-4-13(11-19)5-7-14/h4-13H,1-2H3;2-9,19H,11H2,1H3/b20-18+,22-19+;18-16+. The summed E-state index contributed by atoms with van der Waals surface area (Å²) in [5, 5.41) is 25.6. The molecule has 50 heavy (non-hydrogen) atoms. The largest absolute Gasteiger partial charge is 0.392 e. The summed E-state index contributed by atoms with van der Waals surface area (Å²) in [4.78, 5) is 4.35. The summed E-state index contributed by atoms with van der Waals surface area (Å²) in [6.45, 7) is 13.0. The van der Waals surface area contributed by atoms with E-state index in [0.29, 0.717) is 26.8 Å². The van der Waals surface area contributed by atoms with E-state index in [2.05, 4.69) is 19.4 Å². The second-order valence-corrected chi connectivity index (χ2v) is 14.7. The molecular weight excluding hydrogens is 697 g/mol. The minimum Gasteiger partial charge on any atom is -0.392 e. The van der Waals surface area contributed by atoms with Gasteiger partial charge in [-0.15, -0.1) is 0 Å².